The van der Waals surface area contributed by atoms with Crippen molar-refractivity contribution in [3.8, 4) is 6.07 Å². The Bertz CT molecular complexity index is 68.6. The zero-order chi connectivity index (χ0) is 5.54. The minimum absolute atomic E-state index is 0.489. The molecule has 0 N–H and O–H groups in total. The molecular weight excluding hydrogens is 126 g/mol. The van der Waals surface area contributed by atoms with E-state index in [1.165, 1.54) is 0 Å². The third kappa shape index (κ3) is 6.00. The van der Waals surface area contributed by atoms with Gasteiger partial charge in [0, 0.05) is 6.42 Å². The molecule has 0 heterocycles. The van der Waals surface area contributed by atoms with Gasteiger partial charge in [-0.2, -0.15) is 16.3 Å². The van der Waals surface area contributed by atoms with Crippen molar-refractivity contribution in [3.63, 3.8) is 0 Å². The van der Waals surface area contributed by atoms with Gasteiger partial charge in [-0.05, 0) is 12.5 Å². The molecule has 38 valence electrons. The third-order valence-electron chi connectivity index (χ3n) is 0.560. The van der Waals surface area contributed by atoms with Crippen molar-refractivity contribution >= 4 is 19.9 Å². The van der Waals surface area contributed by atoms with E-state index in [9.17, 15) is 0 Å². The highest BCUT2D eigenvalue weighted by Gasteiger charge is 1.83. The molecule has 0 aliphatic heterocycles. The SMILES string of the molecule is N#CCCC[Si]Cl. The van der Waals surface area contributed by atoms with Crippen molar-refractivity contribution in [1.29, 1.82) is 5.26 Å². The Morgan fingerprint density at radius 1 is 1.71 bits per heavy atom. The monoisotopic (exact) mass is 131 g/mol. The van der Waals surface area contributed by atoms with Gasteiger partial charge >= 0.3 is 0 Å². The summed E-state index contributed by atoms with van der Waals surface area (Å²) in [5, 5.41) is 8.00. The van der Waals surface area contributed by atoms with E-state index in [2.05, 4.69) is 0 Å². The van der Waals surface area contributed by atoms with Gasteiger partial charge < -0.3 is 0 Å². The van der Waals surface area contributed by atoms with E-state index in [4.69, 9.17) is 16.3 Å². The van der Waals surface area contributed by atoms with Crippen molar-refractivity contribution in [1.82, 2.24) is 0 Å². The number of halogens is 1. The number of hydrogen-bond donors (Lipinski definition) is 0. The molecule has 0 aromatic rings. The van der Waals surface area contributed by atoms with Crippen LogP contribution in [0.3, 0.4) is 0 Å². The molecule has 0 amide bonds. The summed E-state index contributed by atoms with van der Waals surface area (Å²) in [6.07, 6.45) is 1.61. The van der Waals surface area contributed by atoms with Gasteiger partial charge in [-0.25, -0.2) is 0 Å². The van der Waals surface area contributed by atoms with E-state index in [0.717, 1.165) is 12.5 Å². The molecule has 0 fully saturated rings. The molecule has 0 aromatic carbocycles. The lowest BCUT2D eigenvalue weighted by atomic mass is 10.4. The first kappa shape index (κ1) is 7.00. The van der Waals surface area contributed by atoms with Crippen LogP contribution in [0.1, 0.15) is 12.8 Å². The smallest absolute Gasteiger partial charge is 0.171 e. The van der Waals surface area contributed by atoms with Crippen LogP contribution in [0.25, 0.3) is 0 Å². The van der Waals surface area contributed by atoms with E-state index in [0.29, 0.717) is 15.3 Å². The van der Waals surface area contributed by atoms with E-state index in [1.54, 1.807) is 0 Å². The zero-order valence-corrected chi connectivity index (χ0v) is 5.70. The highest BCUT2D eigenvalue weighted by atomic mass is 35.6. The molecule has 0 atom stereocenters. The van der Waals surface area contributed by atoms with Gasteiger partial charge in [0.15, 0.2) is 8.83 Å². The Balaban J connectivity index is 2.60. The highest BCUT2D eigenvalue weighted by Crippen LogP contribution is 1.93. The maximum atomic E-state index is 8.00. The lowest BCUT2D eigenvalue weighted by molar-refractivity contribution is 0.964. The molecule has 0 saturated carbocycles. The van der Waals surface area contributed by atoms with Crippen LogP contribution in [0.4, 0.5) is 0 Å². The minimum Gasteiger partial charge on any atom is -0.198 e. The minimum atomic E-state index is 0.489. The Labute approximate surface area is 50.8 Å². The van der Waals surface area contributed by atoms with E-state index in [1.807, 2.05) is 6.07 Å². The Kier molecular flexibility index (Phi) is 5.99. The summed E-state index contributed by atoms with van der Waals surface area (Å²) in [5.74, 6) is 0. The van der Waals surface area contributed by atoms with Crippen LogP contribution in [-0.2, 0) is 0 Å². The Hall–Kier alpha value is -0.00312. The van der Waals surface area contributed by atoms with Crippen LogP contribution in [-0.4, -0.2) is 8.83 Å². The third-order valence-corrected chi connectivity index (χ3v) is 1.67. The second-order valence-corrected chi connectivity index (χ2v) is 2.71. The average molecular weight is 132 g/mol. The van der Waals surface area contributed by atoms with Crippen LogP contribution in [0, 0.1) is 11.3 Å². The van der Waals surface area contributed by atoms with E-state index >= 15 is 0 Å². The molecular formula is C4H6ClNSi. The summed E-state index contributed by atoms with van der Waals surface area (Å²) < 4.78 is 0. The number of nitriles is 1. The molecule has 7 heavy (non-hydrogen) atoms. The number of unbranched alkanes of at least 4 members (excludes halogenated alkanes) is 1. The van der Waals surface area contributed by atoms with Gasteiger partial charge in [-0.1, -0.05) is 0 Å². The highest BCUT2D eigenvalue weighted by molar-refractivity contribution is 6.93. The zero-order valence-electron chi connectivity index (χ0n) is 3.95. The average Bonchev–Trinajstić information content (AvgIpc) is 1.69. The standard InChI is InChI=1S/C4H6ClNSi/c5-7-4-2-1-3-6/h1-2,4H2. The summed E-state index contributed by atoms with van der Waals surface area (Å²) >= 11 is 5.36. The molecule has 0 rings (SSSR count). The van der Waals surface area contributed by atoms with Crippen LogP contribution in [0.5, 0.6) is 0 Å². The molecule has 3 heteroatoms. The fraction of sp³-hybridized carbons (Fsp3) is 0.750. The maximum absolute atomic E-state index is 8.00. The van der Waals surface area contributed by atoms with Crippen LogP contribution in [0.15, 0.2) is 0 Å². The van der Waals surface area contributed by atoms with Gasteiger partial charge in [-0.15, -0.1) is 0 Å². The van der Waals surface area contributed by atoms with Gasteiger partial charge in [0.05, 0.1) is 6.07 Å². The molecule has 0 aliphatic rings. The predicted molar refractivity (Wildman–Crippen MR) is 31.3 cm³/mol. The maximum Gasteiger partial charge on any atom is 0.171 e. The van der Waals surface area contributed by atoms with E-state index in [-0.39, 0.29) is 0 Å². The topological polar surface area (TPSA) is 23.8 Å². The second-order valence-electron chi connectivity index (χ2n) is 1.15. The first-order chi connectivity index (χ1) is 3.41. The van der Waals surface area contributed by atoms with Crippen molar-refractivity contribution in [2.24, 2.45) is 0 Å². The first-order valence-corrected chi connectivity index (χ1v) is 4.34. The van der Waals surface area contributed by atoms with E-state index < -0.39 is 0 Å². The fourth-order valence-electron chi connectivity index (χ4n) is 0.234. The predicted octanol–water partition coefficient (Wildman–Crippen LogP) is 1.57. The largest absolute Gasteiger partial charge is 0.198 e. The normalized spacial score (nSPS) is 8.00. The summed E-state index contributed by atoms with van der Waals surface area (Å²) in [7, 11) is 0.489. The summed E-state index contributed by atoms with van der Waals surface area (Å²) in [6.45, 7) is 0. The Morgan fingerprint density at radius 2 is 2.43 bits per heavy atom. The van der Waals surface area contributed by atoms with Crippen molar-refractivity contribution in [2.45, 2.75) is 18.9 Å². The second kappa shape index (κ2) is 6.00. The molecule has 0 aliphatic carbocycles. The molecule has 0 bridgehead atoms. The fourth-order valence-corrected chi connectivity index (χ4v) is 0.946. The van der Waals surface area contributed by atoms with Crippen molar-refractivity contribution in [2.75, 3.05) is 0 Å². The van der Waals surface area contributed by atoms with Gasteiger partial charge in [0.25, 0.3) is 0 Å². The van der Waals surface area contributed by atoms with Gasteiger partial charge in [-0.3, -0.25) is 0 Å². The number of rotatable bonds is 3. The van der Waals surface area contributed by atoms with Gasteiger partial charge in [0.2, 0.25) is 0 Å². The van der Waals surface area contributed by atoms with Crippen LogP contribution < -0.4 is 0 Å². The molecule has 0 unspecified atom stereocenters. The van der Waals surface area contributed by atoms with Crippen molar-refractivity contribution in [3.05, 3.63) is 0 Å². The quantitative estimate of drug-likeness (QED) is 0.324. The lowest BCUT2D eigenvalue weighted by Crippen LogP contribution is -1.75. The molecule has 0 spiro atoms. The summed E-state index contributed by atoms with van der Waals surface area (Å²) in [4.78, 5) is 0. The Morgan fingerprint density at radius 3 is 2.86 bits per heavy atom. The number of hydrogen-bond acceptors (Lipinski definition) is 1. The van der Waals surface area contributed by atoms with Crippen molar-refractivity contribution < 1.29 is 0 Å². The summed E-state index contributed by atoms with van der Waals surface area (Å²) in [5.41, 5.74) is 0. The molecule has 2 radical (unpaired) electrons. The molecule has 0 aromatic heterocycles. The van der Waals surface area contributed by atoms with Crippen LogP contribution in [0.2, 0.25) is 6.04 Å². The molecule has 1 nitrogen and oxygen atoms in total. The first-order valence-electron chi connectivity index (χ1n) is 2.12. The van der Waals surface area contributed by atoms with Gasteiger partial charge in [0.1, 0.15) is 0 Å². The van der Waals surface area contributed by atoms with Crippen LogP contribution >= 0.6 is 11.1 Å². The molecule has 0 saturated heterocycles. The lowest BCUT2D eigenvalue weighted by Gasteiger charge is -1.81. The number of nitrogens with zero attached hydrogens (tertiary/aromatic N) is 1. The summed E-state index contributed by atoms with van der Waals surface area (Å²) in [6, 6.07) is 3.04.